The smallest absolute Gasteiger partial charge is 0.399 e. The molecule has 0 bridgehead atoms. The van der Waals surface area contributed by atoms with Gasteiger partial charge in [0.2, 0.25) is 0 Å². The van der Waals surface area contributed by atoms with Gasteiger partial charge in [-0.2, -0.15) is 0 Å². The van der Waals surface area contributed by atoms with Gasteiger partial charge in [-0.25, -0.2) is 0 Å². The van der Waals surface area contributed by atoms with Crippen LogP contribution in [0.25, 0.3) is 0 Å². The lowest BCUT2D eigenvalue weighted by Crippen LogP contribution is -2.41. The molecule has 5 heteroatoms. The molecule has 1 aromatic heterocycles. The Morgan fingerprint density at radius 1 is 1.00 bits per heavy atom. The molecule has 1 aliphatic rings. The Morgan fingerprint density at radius 3 is 2.18 bits per heavy atom. The van der Waals surface area contributed by atoms with E-state index in [1.54, 1.807) is 0 Å². The number of aromatic nitrogens is 1. The molecule has 0 atom stereocenters. The number of nitrogens with zero attached hydrogens (tertiary/aromatic N) is 1. The Morgan fingerprint density at radius 2 is 1.59 bits per heavy atom. The van der Waals surface area contributed by atoms with E-state index in [4.69, 9.17) is 9.31 Å². The van der Waals surface area contributed by atoms with Crippen LogP contribution in [-0.2, 0) is 15.9 Å². The van der Waals surface area contributed by atoms with Gasteiger partial charge in [0.05, 0.1) is 11.2 Å². The third kappa shape index (κ3) is 2.90. The lowest BCUT2D eigenvalue weighted by Gasteiger charge is -2.32. The van der Waals surface area contributed by atoms with E-state index in [1.807, 2.05) is 6.07 Å². The third-order valence-electron chi connectivity index (χ3n) is 4.58. The molecule has 0 N–H and O–H groups in total. The highest BCUT2D eigenvalue weighted by molar-refractivity contribution is 9.10. The van der Waals surface area contributed by atoms with Gasteiger partial charge in [-0.1, -0.05) is 30.3 Å². The quantitative estimate of drug-likeness (QED) is 0.780. The van der Waals surface area contributed by atoms with Gasteiger partial charge in [-0.15, -0.1) is 0 Å². The predicted octanol–water partition coefficient (Wildman–Crippen LogP) is 3.60. The minimum Gasteiger partial charge on any atom is -0.399 e. The molecule has 0 unspecified atom stereocenters. The van der Waals surface area contributed by atoms with E-state index in [1.165, 1.54) is 5.56 Å². The number of hydrogen-bond donors (Lipinski definition) is 0. The van der Waals surface area contributed by atoms with Crippen molar-refractivity contribution in [2.24, 2.45) is 0 Å². The van der Waals surface area contributed by atoms with Gasteiger partial charge in [-0.05, 0) is 49.2 Å². The number of benzene rings is 1. The van der Waals surface area contributed by atoms with Crippen molar-refractivity contribution in [1.82, 2.24) is 4.57 Å². The molecule has 2 heterocycles. The van der Waals surface area contributed by atoms with E-state index in [0.29, 0.717) is 0 Å². The molecular weight excluding hydrogens is 341 g/mol. The molecule has 2 aromatic rings. The van der Waals surface area contributed by atoms with Crippen molar-refractivity contribution in [1.29, 1.82) is 0 Å². The Hall–Kier alpha value is -1.04. The van der Waals surface area contributed by atoms with Gasteiger partial charge in [0.15, 0.2) is 0 Å². The molecule has 116 valence electrons. The van der Waals surface area contributed by atoms with E-state index >= 15 is 0 Å². The number of rotatable bonds is 3. The van der Waals surface area contributed by atoms with Crippen molar-refractivity contribution in [2.75, 3.05) is 0 Å². The lowest BCUT2D eigenvalue weighted by molar-refractivity contribution is 0.00578. The van der Waals surface area contributed by atoms with Gasteiger partial charge < -0.3 is 13.9 Å². The van der Waals surface area contributed by atoms with Crippen molar-refractivity contribution in [2.45, 2.75) is 45.4 Å². The average molecular weight is 362 g/mol. The van der Waals surface area contributed by atoms with E-state index in [0.717, 1.165) is 16.5 Å². The van der Waals surface area contributed by atoms with Gasteiger partial charge in [-0.3, -0.25) is 0 Å². The molecule has 0 radical (unpaired) electrons. The summed E-state index contributed by atoms with van der Waals surface area (Å²) in [5, 5.41) is 0. The van der Waals surface area contributed by atoms with Crippen LogP contribution in [0.2, 0.25) is 0 Å². The summed E-state index contributed by atoms with van der Waals surface area (Å²) in [7, 11) is -0.337. The van der Waals surface area contributed by atoms with E-state index < -0.39 is 0 Å². The predicted molar refractivity (Wildman–Crippen MR) is 93.4 cm³/mol. The summed E-state index contributed by atoms with van der Waals surface area (Å²) in [6.07, 6.45) is 4.17. The SMILES string of the molecule is CC1(C)OB(c2cn(Cc3ccccc3)cc2Br)OC1(C)C. The lowest BCUT2D eigenvalue weighted by atomic mass is 9.81. The molecular formula is C17H21BBrNO2. The third-order valence-corrected chi connectivity index (χ3v) is 5.24. The first-order valence-electron chi connectivity index (χ1n) is 7.53. The van der Waals surface area contributed by atoms with Crippen molar-refractivity contribution in [3.8, 4) is 0 Å². The maximum Gasteiger partial charge on any atom is 0.497 e. The molecule has 1 aromatic carbocycles. The second kappa shape index (κ2) is 5.55. The van der Waals surface area contributed by atoms with Crippen molar-refractivity contribution >= 4 is 28.5 Å². The second-order valence-electron chi connectivity index (χ2n) is 6.81. The summed E-state index contributed by atoms with van der Waals surface area (Å²) in [6, 6.07) is 10.4. The number of hydrogen-bond acceptors (Lipinski definition) is 2. The first-order valence-corrected chi connectivity index (χ1v) is 8.32. The van der Waals surface area contributed by atoms with Crippen LogP contribution in [-0.4, -0.2) is 22.9 Å². The molecule has 0 aliphatic carbocycles. The summed E-state index contributed by atoms with van der Waals surface area (Å²) < 4.78 is 15.4. The van der Waals surface area contributed by atoms with Crippen molar-refractivity contribution in [3.05, 3.63) is 52.8 Å². The standard InChI is InChI=1S/C17H21BBrNO2/c1-16(2)17(3,4)22-18(21-16)14-11-20(12-15(14)19)10-13-8-6-5-7-9-13/h5-9,11-12H,10H2,1-4H3. The molecule has 1 fully saturated rings. The second-order valence-corrected chi connectivity index (χ2v) is 7.66. The first kappa shape index (κ1) is 15.8. The number of halogens is 1. The van der Waals surface area contributed by atoms with Crippen molar-refractivity contribution in [3.63, 3.8) is 0 Å². The van der Waals surface area contributed by atoms with Crippen LogP contribution < -0.4 is 5.46 Å². The van der Waals surface area contributed by atoms with E-state index in [9.17, 15) is 0 Å². The van der Waals surface area contributed by atoms with Crippen LogP contribution >= 0.6 is 15.9 Å². The van der Waals surface area contributed by atoms with Crippen LogP contribution in [0, 0.1) is 0 Å². The molecule has 1 aliphatic heterocycles. The molecule has 22 heavy (non-hydrogen) atoms. The molecule has 0 spiro atoms. The summed E-state index contributed by atoms with van der Waals surface area (Å²) >= 11 is 3.63. The van der Waals surface area contributed by atoms with Crippen LogP contribution in [0.4, 0.5) is 0 Å². The fourth-order valence-electron chi connectivity index (χ4n) is 2.53. The van der Waals surface area contributed by atoms with Crippen molar-refractivity contribution < 1.29 is 9.31 Å². The monoisotopic (exact) mass is 361 g/mol. The van der Waals surface area contributed by atoms with E-state index in [2.05, 4.69) is 84.9 Å². The van der Waals surface area contributed by atoms with Crippen LogP contribution in [0.5, 0.6) is 0 Å². The van der Waals surface area contributed by atoms with Gasteiger partial charge in [0.1, 0.15) is 0 Å². The molecule has 0 amide bonds. The topological polar surface area (TPSA) is 23.4 Å². The highest BCUT2D eigenvalue weighted by Crippen LogP contribution is 2.37. The fourth-order valence-corrected chi connectivity index (χ4v) is 3.08. The largest absolute Gasteiger partial charge is 0.497 e. The highest BCUT2D eigenvalue weighted by Gasteiger charge is 2.52. The Kier molecular flexibility index (Phi) is 4.00. The highest BCUT2D eigenvalue weighted by atomic mass is 79.9. The minimum atomic E-state index is -0.337. The molecule has 3 nitrogen and oxygen atoms in total. The zero-order valence-corrected chi connectivity index (χ0v) is 15.1. The van der Waals surface area contributed by atoms with Gasteiger partial charge in [0, 0.05) is 28.9 Å². The maximum atomic E-state index is 6.13. The Bertz CT molecular complexity index is 651. The average Bonchev–Trinajstić information content (AvgIpc) is 2.88. The van der Waals surface area contributed by atoms with Crippen LogP contribution in [0.15, 0.2) is 47.2 Å². The van der Waals surface area contributed by atoms with E-state index in [-0.39, 0.29) is 18.3 Å². The Labute approximate surface area is 140 Å². The zero-order valence-electron chi connectivity index (χ0n) is 13.5. The summed E-state index contributed by atoms with van der Waals surface area (Å²) in [5.41, 5.74) is 1.66. The normalized spacial score (nSPS) is 19.6. The molecule has 1 saturated heterocycles. The summed E-state index contributed by atoms with van der Waals surface area (Å²) in [5.74, 6) is 0. The van der Waals surface area contributed by atoms with Crippen LogP contribution in [0.3, 0.4) is 0 Å². The fraction of sp³-hybridized carbons (Fsp3) is 0.412. The summed E-state index contributed by atoms with van der Waals surface area (Å²) in [6.45, 7) is 9.12. The first-order chi connectivity index (χ1) is 10.3. The summed E-state index contributed by atoms with van der Waals surface area (Å²) in [4.78, 5) is 0. The molecule has 3 rings (SSSR count). The minimum absolute atomic E-state index is 0.321. The van der Waals surface area contributed by atoms with Gasteiger partial charge in [0.25, 0.3) is 0 Å². The molecule has 0 saturated carbocycles. The Balaban J connectivity index is 1.82. The maximum absolute atomic E-state index is 6.13. The zero-order chi connectivity index (χ0) is 16.0. The van der Waals surface area contributed by atoms with Crippen LogP contribution in [0.1, 0.15) is 33.3 Å². The van der Waals surface area contributed by atoms with Gasteiger partial charge >= 0.3 is 7.12 Å².